The highest BCUT2D eigenvalue weighted by molar-refractivity contribution is 5.60. The van der Waals surface area contributed by atoms with Crippen molar-refractivity contribution in [2.45, 2.75) is 20.8 Å². The standard InChI is InChI=1S/C22H26N6/c1-16-7-8-19(17(2)14-16)25-22-24-18(3)15-21(26-22)28-12-10-27(11-13-28)20-6-4-5-9-23-20/h4-9,14-15H,10-13H2,1-3H3,(H,24,25,26). The number of piperazine rings is 1. The third-order valence-electron chi connectivity index (χ3n) is 5.05. The van der Waals surface area contributed by atoms with E-state index in [0.717, 1.165) is 49.2 Å². The molecule has 3 aromatic rings. The summed E-state index contributed by atoms with van der Waals surface area (Å²) in [6.07, 6.45) is 1.85. The first kappa shape index (κ1) is 18.2. The second-order valence-electron chi connectivity index (χ2n) is 7.30. The number of nitrogens with one attached hydrogen (secondary N) is 1. The summed E-state index contributed by atoms with van der Waals surface area (Å²) >= 11 is 0. The molecule has 0 radical (unpaired) electrons. The Labute approximate surface area is 166 Å². The molecule has 0 unspecified atom stereocenters. The second kappa shape index (κ2) is 7.84. The maximum absolute atomic E-state index is 4.78. The SMILES string of the molecule is Cc1ccc(Nc2nc(C)cc(N3CCN(c4ccccn4)CC3)n2)c(C)c1. The van der Waals surface area contributed by atoms with Crippen molar-refractivity contribution in [3.05, 3.63) is 65.5 Å². The maximum atomic E-state index is 4.78. The molecule has 0 amide bonds. The fourth-order valence-electron chi connectivity index (χ4n) is 3.55. The van der Waals surface area contributed by atoms with Crippen LogP contribution in [0.4, 0.5) is 23.3 Å². The van der Waals surface area contributed by atoms with E-state index in [0.29, 0.717) is 5.95 Å². The lowest BCUT2D eigenvalue weighted by atomic mass is 10.1. The van der Waals surface area contributed by atoms with E-state index >= 15 is 0 Å². The Balaban J connectivity index is 1.48. The van der Waals surface area contributed by atoms with Crippen LogP contribution in [0.2, 0.25) is 0 Å². The lowest BCUT2D eigenvalue weighted by Crippen LogP contribution is -2.47. The first-order valence-electron chi connectivity index (χ1n) is 9.69. The minimum Gasteiger partial charge on any atom is -0.353 e. The molecule has 6 nitrogen and oxygen atoms in total. The molecule has 2 aromatic heterocycles. The third-order valence-corrected chi connectivity index (χ3v) is 5.05. The fraction of sp³-hybridized carbons (Fsp3) is 0.318. The summed E-state index contributed by atoms with van der Waals surface area (Å²) in [5.41, 5.74) is 4.45. The van der Waals surface area contributed by atoms with Crippen LogP contribution in [-0.4, -0.2) is 41.1 Å². The van der Waals surface area contributed by atoms with Crippen molar-refractivity contribution in [1.29, 1.82) is 0 Å². The van der Waals surface area contributed by atoms with Crippen molar-refractivity contribution in [3.8, 4) is 0 Å². The number of nitrogens with zero attached hydrogens (tertiary/aromatic N) is 5. The molecule has 1 aromatic carbocycles. The van der Waals surface area contributed by atoms with E-state index < -0.39 is 0 Å². The Kier molecular flexibility index (Phi) is 5.10. The largest absolute Gasteiger partial charge is 0.353 e. The van der Waals surface area contributed by atoms with Crippen LogP contribution in [-0.2, 0) is 0 Å². The topological polar surface area (TPSA) is 57.2 Å². The summed E-state index contributed by atoms with van der Waals surface area (Å²) in [5, 5.41) is 3.39. The van der Waals surface area contributed by atoms with Gasteiger partial charge in [0.05, 0.1) is 0 Å². The highest BCUT2D eigenvalue weighted by Gasteiger charge is 2.20. The van der Waals surface area contributed by atoms with Gasteiger partial charge in [-0.1, -0.05) is 23.8 Å². The van der Waals surface area contributed by atoms with Crippen LogP contribution in [0.5, 0.6) is 0 Å². The molecular weight excluding hydrogens is 348 g/mol. The molecule has 3 heterocycles. The van der Waals surface area contributed by atoms with Gasteiger partial charge in [0.25, 0.3) is 0 Å². The second-order valence-corrected chi connectivity index (χ2v) is 7.30. The number of rotatable bonds is 4. The maximum Gasteiger partial charge on any atom is 0.229 e. The van der Waals surface area contributed by atoms with Gasteiger partial charge >= 0.3 is 0 Å². The molecule has 28 heavy (non-hydrogen) atoms. The Bertz CT molecular complexity index is 948. The highest BCUT2D eigenvalue weighted by Crippen LogP contribution is 2.23. The predicted octanol–water partition coefficient (Wildman–Crippen LogP) is 3.87. The molecular formula is C22H26N6. The number of hydrogen-bond donors (Lipinski definition) is 1. The lowest BCUT2D eigenvalue weighted by Gasteiger charge is -2.36. The van der Waals surface area contributed by atoms with E-state index in [1.54, 1.807) is 0 Å². The van der Waals surface area contributed by atoms with Gasteiger partial charge in [-0.3, -0.25) is 0 Å². The van der Waals surface area contributed by atoms with Crippen LogP contribution in [0.15, 0.2) is 48.7 Å². The van der Waals surface area contributed by atoms with E-state index in [1.807, 2.05) is 25.3 Å². The van der Waals surface area contributed by atoms with Crippen LogP contribution in [0.1, 0.15) is 16.8 Å². The number of aryl methyl sites for hydroxylation is 3. The summed E-state index contributed by atoms with van der Waals surface area (Å²) in [7, 11) is 0. The van der Waals surface area contributed by atoms with Crippen LogP contribution in [0.25, 0.3) is 0 Å². The predicted molar refractivity (Wildman–Crippen MR) is 115 cm³/mol. The van der Waals surface area contributed by atoms with Crippen molar-refractivity contribution in [3.63, 3.8) is 0 Å². The molecule has 0 saturated carbocycles. The van der Waals surface area contributed by atoms with Gasteiger partial charge in [-0.25, -0.2) is 9.97 Å². The van der Waals surface area contributed by atoms with Crippen molar-refractivity contribution >= 4 is 23.3 Å². The Morgan fingerprint density at radius 2 is 1.57 bits per heavy atom. The average Bonchev–Trinajstić information content (AvgIpc) is 2.70. The van der Waals surface area contributed by atoms with Gasteiger partial charge in [0, 0.05) is 49.8 Å². The smallest absolute Gasteiger partial charge is 0.229 e. The normalized spacial score (nSPS) is 14.2. The molecule has 1 fully saturated rings. The van der Waals surface area contributed by atoms with Crippen LogP contribution in [0, 0.1) is 20.8 Å². The van der Waals surface area contributed by atoms with E-state index in [-0.39, 0.29) is 0 Å². The molecule has 4 rings (SSSR count). The van der Waals surface area contributed by atoms with Gasteiger partial charge in [0.2, 0.25) is 5.95 Å². The summed E-state index contributed by atoms with van der Waals surface area (Å²) < 4.78 is 0. The summed E-state index contributed by atoms with van der Waals surface area (Å²) in [6.45, 7) is 9.90. The van der Waals surface area contributed by atoms with Gasteiger partial charge in [-0.2, -0.15) is 4.98 Å². The molecule has 0 spiro atoms. The lowest BCUT2D eigenvalue weighted by molar-refractivity contribution is 0.641. The van der Waals surface area contributed by atoms with Crippen molar-refractivity contribution < 1.29 is 0 Å². The van der Waals surface area contributed by atoms with Gasteiger partial charge in [-0.15, -0.1) is 0 Å². The summed E-state index contributed by atoms with van der Waals surface area (Å²) in [6, 6.07) is 14.5. The molecule has 0 atom stereocenters. The van der Waals surface area contributed by atoms with Crippen molar-refractivity contribution in [2.75, 3.05) is 41.3 Å². The number of hydrogen-bond acceptors (Lipinski definition) is 6. The Hall–Kier alpha value is -3.15. The first-order valence-corrected chi connectivity index (χ1v) is 9.69. The molecule has 0 aliphatic carbocycles. The van der Waals surface area contributed by atoms with Crippen molar-refractivity contribution in [2.24, 2.45) is 0 Å². The van der Waals surface area contributed by atoms with Crippen LogP contribution >= 0.6 is 0 Å². The van der Waals surface area contributed by atoms with Gasteiger partial charge < -0.3 is 15.1 Å². The quantitative estimate of drug-likeness (QED) is 0.748. The molecule has 0 bridgehead atoms. The molecule has 1 aliphatic rings. The van der Waals surface area contributed by atoms with E-state index in [4.69, 9.17) is 4.98 Å². The number of anilines is 4. The number of benzene rings is 1. The van der Waals surface area contributed by atoms with Gasteiger partial charge in [0.1, 0.15) is 11.6 Å². The molecule has 1 aliphatic heterocycles. The van der Waals surface area contributed by atoms with E-state index in [9.17, 15) is 0 Å². The molecule has 6 heteroatoms. The zero-order valence-electron chi connectivity index (χ0n) is 16.7. The Morgan fingerprint density at radius 3 is 2.25 bits per heavy atom. The van der Waals surface area contributed by atoms with E-state index in [2.05, 4.69) is 69.3 Å². The summed E-state index contributed by atoms with van der Waals surface area (Å²) in [4.78, 5) is 18.5. The third kappa shape index (κ3) is 4.06. The minimum atomic E-state index is 0.647. The highest BCUT2D eigenvalue weighted by atomic mass is 15.3. The number of aromatic nitrogens is 3. The number of pyridine rings is 1. The molecule has 144 valence electrons. The van der Waals surface area contributed by atoms with Crippen LogP contribution < -0.4 is 15.1 Å². The average molecular weight is 374 g/mol. The van der Waals surface area contributed by atoms with Gasteiger partial charge in [0.15, 0.2) is 0 Å². The van der Waals surface area contributed by atoms with E-state index in [1.165, 1.54) is 11.1 Å². The van der Waals surface area contributed by atoms with Crippen LogP contribution in [0.3, 0.4) is 0 Å². The molecule has 1 saturated heterocycles. The van der Waals surface area contributed by atoms with Crippen molar-refractivity contribution in [1.82, 2.24) is 15.0 Å². The zero-order valence-corrected chi connectivity index (χ0v) is 16.7. The molecule has 1 N–H and O–H groups in total. The van der Waals surface area contributed by atoms with Gasteiger partial charge in [-0.05, 0) is 44.5 Å². The Morgan fingerprint density at radius 1 is 0.821 bits per heavy atom. The minimum absolute atomic E-state index is 0.647. The first-order chi connectivity index (χ1) is 13.6. The summed E-state index contributed by atoms with van der Waals surface area (Å²) in [5.74, 6) is 2.66. The zero-order chi connectivity index (χ0) is 19.5. The fourth-order valence-corrected chi connectivity index (χ4v) is 3.55. The monoisotopic (exact) mass is 374 g/mol.